The lowest BCUT2D eigenvalue weighted by atomic mass is 10.2. The van der Waals surface area contributed by atoms with Crippen LogP contribution in [0.25, 0.3) is 0 Å². The lowest BCUT2D eigenvalue weighted by Crippen LogP contribution is -2.10. The maximum absolute atomic E-state index is 13.6. The summed E-state index contributed by atoms with van der Waals surface area (Å²) in [5, 5.41) is 3.74. The van der Waals surface area contributed by atoms with Crippen LogP contribution in [0.4, 0.5) is 10.1 Å². The van der Waals surface area contributed by atoms with Crippen LogP contribution in [0.1, 0.15) is 11.1 Å². The van der Waals surface area contributed by atoms with Crippen LogP contribution < -0.4 is 5.32 Å². The van der Waals surface area contributed by atoms with Crippen LogP contribution in [0.2, 0.25) is 5.02 Å². The maximum atomic E-state index is 13.6. The lowest BCUT2D eigenvalue weighted by Gasteiger charge is -2.11. The highest BCUT2D eigenvalue weighted by Gasteiger charge is 2.03. The van der Waals surface area contributed by atoms with Gasteiger partial charge in [0.05, 0.1) is 0 Å². The van der Waals surface area contributed by atoms with E-state index in [4.69, 9.17) is 11.6 Å². The van der Waals surface area contributed by atoms with Gasteiger partial charge in [-0.3, -0.25) is 0 Å². The second-order valence-corrected chi connectivity index (χ2v) is 5.46. The zero-order chi connectivity index (χ0) is 14.5. The quantitative estimate of drug-likeness (QED) is 0.890. The molecule has 4 heteroatoms. The third-order valence-corrected chi connectivity index (χ3v) is 3.18. The van der Waals surface area contributed by atoms with Crippen molar-refractivity contribution >= 4 is 17.3 Å². The molecule has 20 heavy (non-hydrogen) atoms. The number of rotatable bonds is 5. The fourth-order valence-electron chi connectivity index (χ4n) is 1.97. The first-order valence-corrected chi connectivity index (χ1v) is 6.84. The Bertz CT molecular complexity index is 567. The Balaban J connectivity index is 1.98. The van der Waals surface area contributed by atoms with Gasteiger partial charge in [0.25, 0.3) is 0 Å². The SMILES string of the molecule is CN(C)Cc1ccc(NCc2cc(Cl)ccc2F)cc1. The van der Waals surface area contributed by atoms with Gasteiger partial charge >= 0.3 is 0 Å². The molecular weight excluding hydrogens is 275 g/mol. The molecule has 2 nitrogen and oxygen atoms in total. The van der Waals surface area contributed by atoms with E-state index in [9.17, 15) is 4.39 Å². The van der Waals surface area contributed by atoms with Crippen molar-refractivity contribution < 1.29 is 4.39 Å². The van der Waals surface area contributed by atoms with E-state index in [0.29, 0.717) is 17.1 Å². The zero-order valence-electron chi connectivity index (χ0n) is 11.7. The van der Waals surface area contributed by atoms with E-state index < -0.39 is 0 Å². The zero-order valence-corrected chi connectivity index (χ0v) is 12.4. The summed E-state index contributed by atoms with van der Waals surface area (Å²) in [6.07, 6.45) is 0. The predicted molar refractivity (Wildman–Crippen MR) is 82.6 cm³/mol. The first kappa shape index (κ1) is 14.8. The highest BCUT2D eigenvalue weighted by molar-refractivity contribution is 6.30. The molecule has 0 bridgehead atoms. The molecule has 0 fully saturated rings. The van der Waals surface area contributed by atoms with Crippen LogP contribution in [-0.2, 0) is 13.1 Å². The molecule has 2 rings (SSSR count). The largest absolute Gasteiger partial charge is 0.381 e. The highest BCUT2D eigenvalue weighted by Crippen LogP contribution is 2.17. The molecule has 2 aromatic carbocycles. The van der Waals surface area contributed by atoms with Crippen molar-refractivity contribution in [3.8, 4) is 0 Å². The molecule has 0 amide bonds. The third kappa shape index (κ3) is 4.22. The second kappa shape index (κ2) is 6.73. The summed E-state index contributed by atoms with van der Waals surface area (Å²) in [7, 11) is 4.07. The van der Waals surface area contributed by atoms with Gasteiger partial charge in [0.15, 0.2) is 0 Å². The number of anilines is 1. The van der Waals surface area contributed by atoms with E-state index in [-0.39, 0.29) is 5.82 Å². The predicted octanol–water partition coefficient (Wildman–Crippen LogP) is 4.15. The summed E-state index contributed by atoms with van der Waals surface area (Å²) in [6, 6.07) is 12.7. The minimum Gasteiger partial charge on any atom is -0.381 e. The van der Waals surface area contributed by atoms with E-state index in [1.807, 2.05) is 26.2 Å². The molecule has 1 N–H and O–H groups in total. The summed E-state index contributed by atoms with van der Waals surface area (Å²) >= 11 is 5.87. The summed E-state index contributed by atoms with van der Waals surface area (Å²) in [5.41, 5.74) is 2.77. The Labute approximate surface area is 124 Å². The molecule has 0 aromatic heterocycles. The molecular formula is C16H18ClFN2. The number of nitrogens with one attached hydrogen (secondary N) is 1. The molecule has 0 aliphatic heterocycles. The highest BCUT2D eigenvalue weighted by atomic mass is 35.5. The topological polar surface area (TPSA) is 15.3 Å². The number of halogens is 2. The van der Waals surface area contributed by atoms with Crippen molar-refractivity contribution in [2.45, 2.75) is 13.1 Å². The normalized spacial score (nSPS) is 10.8. The molecule has 0 spiro atoms. The Morgan fingerprint density at radius 3 is 2.45 bits per heavy atom. The van der Waals surface area contributed by atoms with Crippen LogP contribution >= 0.6 is 11.6 Å². The van der Waals surface area contributed by atoms with Crippen LogP contribution in [0.5, 0.6) is 0 Å². The van der Waals surface area contributed by atoms with Gasteiger partial charge in [0, 0.05) is 29.4 Å². The molecule has 0 unspecified atom stereocenters. The molecule has 2 aromatic rings. The summed E-state index contributed by atoms with van der Waals surface area (Å²) in [5.74, 6) is -0.244. The monoisotopic (exact) mass is 292 g/mol. The fourth-order valence-corrected chi connectivity index (χ4v) is 2.16. The standard InChI is InChI=1S/C16H18ClFN2/c1-20(2)11-12-3-6-15(7-4-12)19-10-13-9-14(17)5-8-16(13)18/h3-9,19H,10-11H2,1-2H3. The third-order valence-electron chi connectivity index (χ3n) is 2.94. The average molecular weight is 293 g/mol. The van der Waals surface area contributed by atoms with Gasteiger partial charge in [0.1, 0.15) is 5.82 Å². The van der Waals surface area contributed by atoms with Crippen molar-refractivity contribution in [2.24, 2.45) is 0 Å². The van der Waals surface area contributed by atoms with Gasteiger partial charge in [-0.05, 0) is 50.0 Å². The maximum Gasteiger partial charge on any atom is 0.128 e. The Kier molecular flexibility index (Phi) is 4.99. The van der Waals surface area contributed by atoms with Crippen LogP contribution in [0, 0.1) is 5.82 Å². The Morgan fingerprint density at radius 2 is 1.80 bits per heavy atom. The molecule has 0 saturated carbocycles. The summed E-state index contributed by atoms with van der Waals surface area (Å²) < 4.78 is 13.6. The molecule has 0 aliphatic carbocycles. The summed E-state index contributed by atoms with van der Waals surface area (Å²) in [6.45, 7) is 1.32. The minimum absolute atomic E-state index is 0.244. The molecule has 0 atom stereocenters. The van der Waals surface area contributed by atoms with Gasteiger partial charge in [-0.1, -0.05) is 23.7 Å². The van der Waals surface area contributed by atoms with E-state index >= 15 is 0 Å². The molecule has 0 saturated heterocycles. The fraction of sp³-hybridized carbons (Fsp3) is 0.250. The molecule has 106 valence electrons. The number of nitrogens with zero attached hydrogens (tertiary/aromatic N) is 1. The van der Waals surface area contributed by atoms with E-state index in [2.05, 4.69) is 22.3 Å². The van der Waals surface area contributed by atoms with E-state index in [0.717, 1.165) is 12.2 Å². The van der Waals surface area contributed by atoms with Crippen molar-refractivity contribution in [3.63, 3.8) is 0 Å². The molecule has 0 aliphatic rings. The first-order chi connectivity index (χ1) is 9.54. The average Bonchev–Trinajstić information content (AvgIpc) is 2.41. The van der Waals surface area contributed by atoms with Crippen LogP contribution in [-0.4, -0.2) is 19.0 Å². The minimum atomic E-state index is -0.244. The van der Waals surface area contributed by atoms with Crippen molar-refractivity contribution in [2.75, 3.05) is 19.4 Å². The lowest BCUT2D eigenvalue weighted by molar-refractivity contribution is 0.402. The van der Waals surface area contributed by atoms with E-state index in [1.54, 1.807) is 12.1 Å². The van der Waals surface area contributed by atoms with Crippen LogP contribution in [0.15, 0.2) is 42.5 Å². The smallest absolute Gasteiger partial charge is 0.128 e. The van der Waals surface area contributed by atoms with Crippen molar-refractivity contribution in [1.29, 1.82) is 0 Å². The number of hydrogen-bond donors (Lipinski definition) is 1. The van der Waals surface area contributed by atoms with Gasteiger partial charge in [0.2, 0.25) is 0 Å². The second-order valence-electron chi connectivity index (χ2n) is 5.02. The van der Waals surface area contributed by atoms with E-state index in [1.165, 1.54) is 11.6 Å². The number of hydrogen-bond acceptors (Lipinski definition) is 2. The van der Waals surface area contributed by atoms with Crippen LogP contribution in [0.3, 0.4) is 0 Å². The first-order valence-electron chi connectivity index (χ1n) is 6.46. The molecule has 0 radical (unpaired) electrons. The van der Waals surface area contributed by atoms with Crippen molar-refractivity contribution in [1.82, 2.24) is 4.90 Å². The van der Waals surface area contributed by atoms with Gasteiger partial charge in [-0.25, -0.2) is 4.39 Å². The van der Waals surface area contributed by atoms with Gasteiger partial charge in [-0.15, -0.1) is 0 Å². The Morgan fingerprint density at radius 1 is 1.10 bits per heavy atom. The van der Waals surface area contributed by atoms with Crippen molar-refractivity contribution in [3.05, 3.63) is 64.4 Å². The summed E-state index contributed by atoms with van der Waals surface area (Å²) in [4.78, 5) is 2.11. The van der Waals surface area contributed by atoms with Gasteiger partial charge < -0.3 is 10.2 Å². The molecule has 0 heterocycles. The van der Waals surface area contributed by atoms with Gasteiger partial charge in [-0.2, -0.15) is 0 Å². The number of benzene rings is 2. The Hall–Kier alpha value is -1.58.